The van der Waals surface area contributed by atoms with Gasteiger partial charge < -0.3 is 15.3 Å². The zero-order valence-electron chi connectivity index (χ0n) is 11.7. The molecule has 6 heteroatoms. The van der Waals surface area contributed by atoms with Gasteiger partial charge in [-0.1, -0.05) is 12.1 Å². The number of carbonyl (C=O) groups is 2. The number of rotatable bonds is 5. The number of carbonyl (C=O) groups excluding carboxylic acids is 2. The Morgan fingerprint density at radius 2 is 2.14 bits per heavy atom. The van der Waals surface area contributed by atoms with E-state index in [1.165, 1.54) is 18.2 Å². The maximum Gasteiger partial charge on any atom is 0.254 e. The Bertz CT molecular complexity index is 521. The molecular weight excluding hydrogens is 275 g/mol. The highest BCUT2D eigenvalue weighted by atomic mass is 19.1. The van der Waals surface area contributed by atoms with E-state index in [2.05, 4.69) is 5.32 Å². The van der Waals surface area contributed by atoms with Crippen LogP contribution in [0.25, 0.3) is 0 Å². The number of likely N-dealkylation sites (tertiary alicyclic amines) is 1. The molecule has 1 aromatic carbocycles. The lowest BCUT2D eigenvalue weighted by atomic mass is 10.1. The van der Waals surface area contributed by atoms with Gasteiger partial charge in [0.2, 0.25) is 5.91 Å². The van der Waals surface area contributed by atoms with Crippen molar-refractivity contribution in [2.75, 3.05) is 26.2 Å². The van der Waals surface area contributed by atoms with Gasteiger partial charge in [-0.2, -0.15) is 0 Å². The molecule has 1 heterocycles. The Kier molecular flexibility index (Phi) is 5.27. The predicted octanol–water partition coefficient (Wildman–Crippen LogP) is 0.786. The first kappa shape index (κ1) is 15.4. The van der Waals surface area contributed by atoms with Crippen LogP contribution in [0.3, 0.4) is 0 Å². The molecule has 2 amide bonds. The summed E-state index contributed by atoms with van der Waals surface area (Å²) >= 11 is 0. The molecule has 114 valence electrons. The van der Waals surface area contributed by atoms with Crippen molar-refractivity contribution in [2.24, 2.45) is 5.92 Å². The lowest BCUT2D eigenvalue weighted by molar-refractivity contribution is -0.129. The first-order valence-corrected chi connectivity index (χ1v) is 7.03. The highest BCUT2D eigenvalue weighted by Gasteiger charge is 2.25. The van der Waals surface area contributed by atoms with Crippen LogP contribution in [0.5, 0.6) is 0 Å². The van der Waals surface area contributed by atoms with Crippen LogP contribution in [0, 0.1) is 11.7 Å². The van der Waals surface area contributed by atoms with Crippen molar-refractivity contribution in [1.82, 2.24) is 10.2 Å². The van der Waals surface area contributed by atoms with Crippen LogP contribution in [-0.2, 0) is 4.79 Å². The standard InChI is InChI=1S/C15H19FN2O3/c16-13-4-2-1-3-12(13)15(21)17-9-14(20)18-7-5-11(10-18)6-8-19/h1-4,11,19H,5-10H2,(H,17,21). The Labute approximate surface area is 122 Å². The molecule has 0 radical (unpaired) electrons. The number of hydrogen-bond donors (Lipinski definition) is 2. The SMILES string of the molecule is O=C(NCC(=O)N1CCC(CCO)C1)c1ccccc1F. The molecular formula is C15H19FN2O3. The van der Waals surface area contributed by atoms with E-state index in [1.807, 2.05) is 0 Å². The van der Waals surface area contributed by atoms with Gasteiger partial charge in [0, 0.05) is 19.7 Å². The van der Waals surface area contributed by atoms with E-state index in [4.69, 9.17) is 5.11 Å². The molecule has 1 aliphatic rings. The quantitative estimate of drug-likeness (QED) is 0.843. The highest BCUT2D eigenvalue weighted by molar-refractivity contribution is 5.96. The van der Waals surface area contributed by atoms with Gasteiger partial charge in [-0.25, -0.2) is 4.39 Å². The molecule has 2 rings (SSSR count). The molecule has 1 saturated heterocycles. The Hall–Kier alpha value is -1.95. The van der Waals surface area contributed by atoms with E-state index in [9.17, 15) is 14.0 Å². The van der Waals surface area contributed by atoms with E-state index in [-0.39, 0.29) is 24.6 Å². The zero-order chi connectivity index (χ0) is 15.2. The van der Waals surface area contributed by atoms with Crippen molar-refractivity contribution < 1.29 is 19.1 Å². The predicted molar refractivity (Wildman–Crippen MR) is 75.1 cm³/mol. The fourth-order valence-electron chi connectivity index (χ4n) is 2.49. The van der Waals surface area contributed by atoms with Gasteiger partial charge in [-0.15, -0.1) is 0 Å². The number of aliphatic hydroxyl groups is 1. The molecule has 0 bridgehead atoms. The molecule has 1 aliphatic heterocycles. The number of halogens is 1. The van der Waals surface area contributed by atoms with Crippen molar-refractivity contribution >= 4 is 11.8 Å². The van der Waals surface area contributed by atoms with Crippen molar-refractivity contribution in [2.45, 2.75) is 12.8 Å². The molecule has 1 aromatic rings. The van der Waals surface area contributed by atoms with Gasteiger partial charge in [-0.3, -0.25) is 9.59 Å². The number of amides is 2. The summed E-state index contributed by atoms with van der Waals surface area (Å²) < 4.78 is 13.4. The second kappa shape index (κ2) is 7.17. The molecule has 2 N–H and O–H groups in total. The van der Waals surface area contributed by atoms with E-state index < -0.39 is 11.7 Å². The molecule has 0 aliphatic carbocycles. The number of nitrogens with one attached hydrogen (secondary N) is 1. The lowest BCUT2D eigenvalue weighted by Gasteiger charge is -2.16. The second-order valence-corrected chi connectivity index (χ2v) is 5.17. The molecule has 0 spiro atoms. The minimum absolute atomic E-state index is 0.0649. The van der Waals surface area contributed by atoms with E-state index in [0.717, 1.165) is 6.42 Å². The Balaban J connectivity index is 1.82. The number of nitrogens with zero attached hydrogens (tertiary/aromatic N) is 1. The molecule has 1 unspecified atom stereocenters. The third-order valence-electron chi connectivity index (χ3n) is 3.69. The second-order valence-electron chi connectivity index (χ2n) is 5.17. The third kappa shape index (κ3) is 4.01. The smallest absolute Gasteiger partial charge is 0.254 e. The van der Waals surface area contributed by atoms with Crippen LogP contribution in [-0.4, -0.2) is 48.1 Å². The van der Waals surface area contributed by atoms with Crippen LogP contribution < -0.4 is 5.32 Å². The fourth-order valence-corrected chi connectivity index (χ4v) is 2.49. The van der Waals surface area contributed by atoms with Crippen molar-refractivity contribution in [3.63, 3.8) is 0 Å². The monoisotopic (exact) mass is 294 g/mol. The number of benzene rings is 1. The summed E-state index contributed by atoms with van der Waals surface area (Å²) in [6, 6.07) is 5.65. The van der Waals surface area contributed by atoms with Gasteiger partial charge in [0.1, 0.15) is 5.82 Å². The maximum atomic E-state index is 13.4. The lowest BCUT2D eigenvalue weighted by Crippen LogP contribution is -2.39. The Morgan fingerprint density at radius 3 is 2.86 bits per heavy atom. The van der Waals surface area contributed by atoms with Gasteiger partial charge in [-0.05, 0) is 30.9 Å². The third-order valence-corrected chi connectivity index (χ3v) is 3.69. The summed E-state index contributed by atoms with van der Waals surface area (Å²) in [4.78, 5) is 25.4. The van der Waals surface area contributed by atoms with Crippen molar-refractivity contribution in [3.05, 3.63) is 35.6 Å². The summed E-state index contributed by atoms with van der Waals surface area (Å²) in [5.74, 6) is -1.06. The van der Waals surface area contributed by atoms with Crippen LogP contribution in [0.2, 0.25) is 0 Å². The highest BCUT2D eigenvalue weighted by Crippen LogP contribution is 2.18. The van der Waals surface area contributed by atoms with Gasteiger partial charge in [0.15, 0.2) is 0 Å². The topological polar surface area (TPSA) is 69.6 Å². The van der Waals surface area contributed by atoms with Gasteiger partial charge in [0.25, 0.3) is 5.91 Å². The molecule has 0 aromatic heterocycles. The molecule has 1 atom stereocenters. The largest absolute Gasteiger partial charge is 0.396 e. The van der Waals surface area contributed by atoms with Gasteiger partial charge in [0.05, 0.1) is 12.1 Å². The molecule has 1 fully saturated rings. The summed E-state index contributed by atoms with van der Waals surface area (Å²) in [6.07, 6.45) is 1.55. The van der Waals surface area contributed by atoms with E-state index >= 15 is 0 Å². The van der Waals surface area contributed by atoms with Crippen LogP contribution in [0.4, 0.5) is 4.39 Å². The average Bonchev–Trinajstić information content (AvgIpc) is 2.94. The molecule has 0 saturated carbocycles. The molecule has 5 nitrogen and oxygen atoms in total. The molecule has 21 heavy (non-hydrogen) atoms. The minimum atomic E-state index is -0.605. The normalized spacial score (nSPS) is 17.8. The van der Waals surface area contributed by atoms with Crippen LogP contribution in [0.15, 0.2) is 24.3 Å². The first-order valence-electron chi connectivity index (χ1n) is 7.03. The number of aliphatic hydroxyl groups excluding tert-OH is 1. The maximum absolute atomic E-state index is 13.4. The first-order chi connectivity index (χ1) is 10.1. The summed E-state index contributed by atoms with van der Waals surface area (Å²) in [7, 11) is 0. The van der Waals surface area contributed by atoms with Crippen LogP contribution in [0.1, 0.15) is 23.2 Å². The zero-order valence-corrected chi connectivity index (χ0v) is 11.7. The summed E-state index contributed by atoms with van der Waals surface area (Å²) in [5, 5.41) is 11.3. The van der Waals surface area contributed by atoms with Crippen molar-refractivity contribution in [3.8, 4) is 0 Å². The Morgan fingerprint density at radius 1 is 1.38 bits per heavy atom. The van der Waals surface area contributed by atoms with Crippen LogP contribution >= 0.6 is 0 Å². The summed E-state index contributed by atoms with van der Waals surface area (Å²) in [6.45, 7) is 1.23. The fraction of sp³-hybridized carbons (Fsp3) is 0.467. The number of hydrogen-bond acceptors (Lipinski definition) is 3. The van der Waals surface area contributed by atoms with E-state index in [0.29, 0.717) is 25.4 Å². The average molecular weight is 294 g/mol. The van der Waals surface area contributed by atoms with Crippen molar-refractivity contribution in [1.29, 1.82) is 0 Å². The minimum Gasteiger partial charge on any atom is -0.396 e. The van der Waals surface area contributed by atoms with Gasteiger partial charge >= 0.3 is 0 Å². The van der Waals surface area contributed by atoms with E-state index in [1.54, 1.807) is 11.0 Å². The summed E-state index contributed by atoms with van der Waals surface area (Å²) in [5.41, 5.74) is -0.0649.